The van der Waals surface area contributed by atoms with Crippen LogP contribution in [0.3, 0.4) is 0 Å². The molecule has 3 N–H and O–H groups in total. The molecule has 1 unspecified atom stereocenters. The highest BCUT2D eigenvalue weighted by Gasteiger charge is 2.43. The van der Waals surface area contributed by atoms with Crippen LogP contribution in [0.15, 0.2) is 48.7 Å². The zero-order valence-electron chi connectivity index (χ0n) is 35.6. The van der Waals surface area contributed by atoms with Crippen molar-refractivity contribution in [3.63, 3.8) is 0 Å². The second-order valence-electron chi connectivity index (χ2n) is 16.9. The molecule has 0 radical (unpaired) electrons. The third-order valence-electron chi connectivity index (χ3n) is 12.8. The van der Waals surface area contributed by atoms with E-state index >= 15 is 0 Å². The van der Waals surface area contributed by atoms with Crippen LogP contribution in [0.1, 0.15) is 112 Å². The maximum Gasteiger partial charge on any atom is 0.313 e. The van der Waals surface area contributed by atoms with Gasteiger partial charge in [0.05, 0.1) is 34.8 Å². The van der Waals surface area contributed by atoms with E-state index in [-0.39, 0.29) is 50.1 Å². The molecule has 2 saturated heterocycles. The first-order valence-electron chi connectivity index (χ1n) is 21.8. The fourth-order valence-corrected chi connectivity index (χ4v) is 8.82. The van der Waals surface area contributed by atoms with E-state index < -0.39 is 47.0 Å². The largest absolute Gasteiger partial charge is 0.460 e. The second kappa shape index (κ2) is 23.6. The van der Waals surface area contributed by atoms with Crippen LogP contribution in [-0.2, 0) is 53.0 Å². The minimum absolute atomic E-state index is 0.0818. The minimum Gasteiger partial charge on any atom is -0.460 e. The molecule has 3 fully saturated rings. The van der Waals surface area contributed by atoms with Gasteiger partial charge in [-0.25, -0.2) is 0 Å². The van der Waals surface area contributed by atoms with E-state index in [1.165, 1.54) is 11.8 Å². The van der Waals surface area contributed by atoms with Crippen LogP contribution < -0.4 is 4.74 Å². The Morgan fingerprint density at radius 3 is 2.11 bits per heavy atom. The van der Waals surface area contributed by atoms with Crippen LogP contribution in [0.5, 0.6) is 5.75 Å². The van der Waals surface area contributed by atoms with Crippen molar-refractivity contribution in [3.8, 4) is 30.4 Å². The lowest BCUT2D eigenvalue weighted by Crippen LogP contribution is -2.38. The van der Waals surface area contributed by atoms with E-state index in [4.69, 9.17) is 36.5 Å². The Hall–Kier alpha value is -4.56. The molecule has 0 spiro atoms. The number of hydrogen-bond acceptors (Lipinski definition) is 12. The van der Waals surface area contributed by atoms with Crippen molar-refractivity contribution in [2.75, 3.05) is 26.4 Å². The predicted molar refractivity (Wildman–Crippen MR) is 227 cm³/mol. The second-order valence-corrected chi connectivity index (χ2v) is 16.9. The lowest BCUT2D eigenvalue weighted by Gasteiger charge is -2.33. The number of aliphatic hydroxyl groups excluding tert-OH is 3. The lowest BCUT2D eigenvalue weighted by molar-refractivity contribution is -0.164. The molecular formula is C49H63NO11. The van der Waals surface area contributed by atoms with Crippen LogP contribution in [0, 0.1) is 54.3 Å². The number of esters is 3. The molecule has 2 aliphatic heterocycles. The third kappa shape index (κ3) is 13.2. The summed E-state index contributed by atoms with van der Waals surface area (Å²) in [5.41, 5.74) is 0.560. The van der Waals surface area contributed by atoms with Gasteiger partial charge >= 0.3 is 17.9 Å². The third-order valence-corrected chi connectivity index (χ3v) is 12.8. The summed E-state index contributed by atoms with van der Waals surface area (Å²) in [6.07, 6.45) is 21.8. The smallest absolute Gasteiger partial charge is 0.313 e. The molecule has 61 heavy (non-hydrogen) atoms. The zero-order valence-corrected chi connectivity index (χ0v) is 35.6. The van der Waals surface area contributed by atoms with Crippen LogP contribution in [0.25, 0.3) is 0 Å². The maximum atomic E-state index is 13.6. The molecule has 0 amide bonds. The number of rotatable bonds is 21. The highest BCUT2D eigenvalue weighted by molar-refractivity contribution is 5.78. The van der Waals surface area contributed by atoms with Crippen molar-refractivity contribution in [1.29, 1.82) is 0 Å². The van der Waals surface area contributed by atoms with E-state index in [2.05, 4.69) is 16.8 Å². The molecule has 0 bridgehead atoms. The molecule has 2 aromatic rings. The Morgan fingerprint density at radius 1 is 0.885 bits per heavy atom. The molecule has 1 aromatic heterocycles. The van der Waals surface area contributed by atoms with Crippen LogP contribution in [0.2, 0.25) is 0 Å². The van der Waals surface area contributed by atoms with E-state index in [0.29, 0.717) is 114 Å². The molecule has 1 aliphatic carbocycles. The number of ether oxygens (including phenoxy) is 5. The number of nitrogens with zero attached hydrogens (tertiary/aromatic N) is 1. The molecule has 12 nitrogen and oxygen atoms in total. The van der Waals surface area contributed by atoms with Gasteiger partial charge in [0.15, 0.2) is 5.75 Å². The number of hydrogen-bond donors (Lipinski definition) is 3. The van der Waals surface area contributed by atoms with Gasteiger partial charge in [-0.15, -0.1) is 24.7 Å². The number of allylic oxidation sites excluding steroid dienone is 2. The normalized spacial score (nSPS) is 22.5. The molecule has 12 heteroatoms. The summed E-state index contributed by atoms with van der Waals surface area (Å²) in [5.74, 6) is 3.67. The van der Waals surface area contributed by atoms with Crippen molar-refractivity contribution in [3.05, 3.63) is 71.1 Å². The number of terminal acetylenes is 2. The number of carbonyl (C=O) groups is 3. The first-order chi connectivity index (χ1) is 29.5. The van der Waals surface area contributed by atoms with Gasteiger partial charge < -0.3 is 39.0 Å². The average Bonchev–Trinajstić information content (AvgIpc) is 3.54. The first kappa shape index (κ1) is 47.5. The number of pyridine rings is 1. The van der Waals surface area contributed by atoms with Gasteiger partial charge in [-0.3, -0.25) is 19.4 Å². The lowest BCUT2D eigenvalue weighted by atomic mass is 9.77. The summed E-state index contributed by atoms with van der Waals surface area (Å²) in [6, 6.07) is 10.0. The summed E-state index contributed by atoms with van der Waals surface area (Å²) < 4.78 is 28.7. The highest BCUT2D eigenvalue weighted by atomic mass is 16.6. The minimum atomic E-state index is -0.904. The Balaban J connectivity index is 1.18. The van der Waals surface area contributed by atoms with Crippen molar-refractivity contribution in [1.82, 2.24) is 4.98 Å². The number of carbonyl (C=O) groups excluding carboxylic acids is 3. The Labute approximate surface area is 360 Å². The Kier molecular flexibility index (Phi) is 18.4. The van der Waals surface area contributed by atoms with Crippen molar-refractivity contribution in [2.45, 2.75) is 135 Å². The predicted octanol–water partition coefficient (Wildman–Crippen LogP) is 6.27. The van der Waals surface area contributed by atoms with E-state index in [1.807, 2.05) is 42.5 Å². The van der Waals surface area contributed by atoms with E-state index in [0.717, 1.165) is 6.42 Å². The van der Waals surface area contributed by atoms with Gasteiger partial charge in [0.25, 0.3) is 0 Å². The van der Waals surface area contributed by atoms with Crippen LogP contribution >= 0.6 is 0 Å². The fraction of sp³-hybridized carbons (Fsp3) is 0.592. The summed E-state index contributed by atoms with van der Waals surface area (Å²) >= 11 is 0. The summed E-state index contributed by atoms with van der Waals surface area (Å²) in [7, 11) is 0. The maximum absolute atomic E-state index is 13.6. The summed E-state index contributed by atoms with van der Waals surface area (Å²) in [4.78, 5) is 44.9. The highest BCUT2D eigenvalue weighted by Crippen LogP contribution is 2.40. The van der Waals surface area contributed by atoms with Gasteiger partial charge in [0, 0.05) is 63.0 Å². The zero-order chi connectivity index (χ0) is 43.7. The molecule has 330 valence electrons. The molecule has 5 rings (SSSR count). The fourth-order valence-electron chi connectivity index (χ4n) is 8.82. The number of unbranched alkanes of at least 4 members (excludes halogenated alkanes) is 1. The van der Waals surface area contributed by atoms with Gasteiger partial charge in [0.1, 0.15) is 13.2 Å². The van der Waals surface area contributed by atoms with Gasteiger partial charge in [-0.2, -0.15) is 0 Å². The number of aliphatic hydroxyl groups is 3. The van der Waals surface area contributed by atoms with E-state index in [9.17, 15) is 29.7 Å². The van der Waals surface area contributed by atoms with E-state index in [1.54, 1.807) is 6.92 Å². The van der Waals surface area contributed by atoms with Crippen molar-refractivity contribution in [2.24, 2.45) is 22.7 Å². The standard InChI is InChI=1S/C49H63NO11/c1-4-21-48(23-27-57-28-24-48)46(55)59-33-37-32-50-35(3)45(41(37)34-60-47(56)49(22-5-2)25-29-58-30-26-49)61-44(54)16-12-7-6-11-15-39-40(43(53)31-42(39)52)20-19-38(51)18-17-36-13-9-8-10-14-36/h1-2,6,8-11,13-14,32,38-40,42-43,51-53H,7,12,15-31,33-34H2,3H3/b11-6-/t38?,39-,40-,42+,43-/m1/s1. The molecule has 3 heterocycles. The molecule has 1 saturated carbocycles. The summed E-state index contributed by atoms with van der Waals surface area (Å²) in [6.45, 7) is 2.73. The van der Waals surface area contributed by atoms with Crippen LogP contribution in [-0.4, -0.2) is 83.0 Å². The number of aryl methyl sites for hydroxylation is 2. The quantitative estimate of drug-likeness (QED) is 0.0558. The van der Waals surface area contributed by atoms with Gasteiger partial charge in [0.2, 0.25) is 0 Å². The SMILES string of the molecule is C#CCC1(C(=O)OCc2cnc(C)c(OC(=O)CCC/C=C\C[C@@H]3[C@@H](CCC(O)CCc4ccccc4)[C@H](O)C[C@@H]3O)c2COC(=O)C2(CC#C)CCOCC2)CCOCC1. The topological polar surface area (TPSA) is 171 Å². The Bertz CT molecular complexity index is 1850. The van der Waals surface area contributed by atoms with Crippen molar-refractivity contribution < 1.29 is 53.4 Å². The molecule has 1 aromatic carbocycles. The average molecular weight is 842 g/mol. The summed E-state index contributed by atoms with van der Waals surface area (Å²) in [5, 5.41) is 32.1. The number of benzene rings is 1. The first-order valence-corrected chi connectivity index (χ1v) is 21.8. The van der Waals surface area contributed by atoms with Crippen LogP contribution in [0.4, 0.5) is 0 Å². The number of aromatic nitrogens is 1. The van der Waals surface area contributed by atoms with Gasteiger partial charge in [-0.05, 0) is 101 Å². The van der Waals surface area contributed by atoms with Crippen molar-refractivity contribution >= 4 is 17.9 Å². The molecular weight excluding hydrogens is 779 g/mol. The molecule has 3 aliphatic rings. The Morgan fingerprint density at radius 2 is 1.49 bits per heavy atom. The van der Waals surface area contributed by atoms with Gasteiger partial charge in [-0.1, -0.05) is 42.5 Å². The monoisotopic (exact) mass is 841 g/mol. The molecule has 5 atom stereocenters.